The first kappa shape index (κ1) is 14.2. The Morgan fingerprint density at radius 1 is 1.42 bits per heavy atom. The molecule has 0 saturated carbocycles. The Morgan fingerprint density at radius 2 is 2.11 bits per heavy atom. The smallest absolute Gasteiger partial charge is 0.235 e. The first-order valence-corrected chi connectivity index (χ1v) is 7.35. The summed E-state index contributed by atoms with van der Waals surface area (Å²) in [6, 6.07) is 5.90. The van der Waals surface area contributed by atoms with Gasteiger partial charge in [-0.3, -0.25) is 4.79 Å². The second-order valence-corrected chi connectivity index (χ2v) is 6.12. The van der Waals surface area contributed by atoms with Crippen LogP contribution in [-0.2, 0) is 9.53 Å². The number of hydrogen-bond acceptors (Lipinski definition) is 4. The molecule has 5 heteroatoms. The number of amides is 1. The Labute approximate surface area is 118 Å². The van der Waals surface area contributed by atoms with E-state index in [1.54, 1.807) is 0 Å². The molecule has 1 heterocycles. The zero-order valence-corrected chi connectivity index (χ0v) is 12.2. The van der Waals surface area contributed by atoms with E-state index in [1.807, 2.05) is 36.9 Å². The van der Waals surface area contributed by atoms with Gasteiger partial charge >= 0.3 is 0 Å². The number of carbonyl (C=O) groups is 1. The maximum absolute atomic E-state index is 12.3. The van der Waals surface area contributed by atoms with Crippen molar-refractivity contribution in [1.82, 2.24) is 4.90 Å². The largest absolute Gasteiger partial charge is 0.398 e. The van der Waals surface area contributed by atoms with Crippen molar-refractivity contribution in [1.29, 1.82) is 0 Å². The summed E-state index contributed by atoms with van der Waals surface area (Å²) in [5.41, 5.74) is 7.84. The summed E-state index contributed by atoms with van der Waals surface area (Å²) in [6.45, 7) is 6.60. The molecule has 1 aliphatic rings. The quantitative estimate of drug-likeness (QED) is 0.679. The van der Waals surface area contributed by atoms with Gasteiger partial charge in [0.05, 0.1) is 18.5 Å². The van der Waals surface area contributed by atoms with E-state index >= 15 is 0 Å². The summed E-state index contributed by atoms with van der Waals surface area (Å²) in [5.74, 6) is 0.161. The molecule has 1 aliphatic heterocycles. The highest BCUT2D eigenvalue weighted by atomic mass is 32.2. The number of benzene rings is 1. The van der Waals surface area contributed by atoms with Crippen LogP contribution < -0.4 is 5.73 Å². The Bertz CT molecular complexity index is 459. The molecule has 0 aromatic heterocycles. The number of aryl methyl sites for hydroxylation is 1. The van der Waals surface area contributed by atoms with Crippen LogP contribution in [0, 0.1) is 6.92 Å². The minimum Gasteiger partial charge on any atom is -0.398 e. The maximum atomic E-state index is 12.3. The molecule has 0 spiro atoms. The fraction of sp³-hybridized carbons (Fsp3) is 0.500. The van der Waals surface area contributed by atoms with E-state index in [4.69, 9.17) is 10.5 Å². The van der Waals surface area contributed by atoms with Crippen LogP contribution in [0.3, 0.4) is 0 Å². The van der Waals surface area contributed by atoms with Crippen LogP contribution in [0.1, 0.15) is 12.5 Å². The van der Waals surface area contributed by atoms with E-state index < -0.39 is 0 Å². The summed E-state index contributed by atoms with van der Waals surface area (Å²) in [4.78, 5) is 15.2. The molecule has 2 N–H and O–H groups in total. The van der Waals surface area contributed by atoms with E-state index in [0.717, 1.165) is 16.1 Å². The average Bonchev–Trinajstić information content (AvgIpc) is 2.43. The molecule has 1 atom stereocenters. The minimum absolute atomic E-state index is 0.123. The van der Waals surface area contributed by atoms with Crippen LogP contribution in [0.15, 0.2) is 23.1 Å². The van der Waals surface area contributed by atoms with Crippen molar-refractivity contribution < 1.29 is 9.53 Å². The lowest BCUT2D eigenvalue weighted by atomic mass is 10.2. The van der Waals surface area contributed by atoms with Gasteiger partial charge in [0.2, 0.25) is 5.91 Å². The Hall–Kier alpha value is -1.20. The normalized spacial score (nSPS) is 17.3. The van der Waals surface area contributed by atoms with Gasteiger partial charge in [0.1, 0.15) is 0 Å². The van der Waals surface area contributed by atoms with Crippen molar-refractivity contribution in [2.75, 3.05) is 32.0 Å². The third kappa shape index (κ3) is 3.64. The van der Waals surface area contributed by atoms with Gasteiger partial charge < -0.3 is 15.4 Å². The molecule has 0 bridgehead atoms. The van der Waals surface area contributed by atoms with Crippen molar-refractivity contribution in [2.24, 2.45) is 0 Å². The lowest BCUT2D eigenvalue weighted by Gasteiger charge is -2.29. The van der Waals surface area contributed by atoms with Crippen LogP contribution in [0.2, 0.25) is 0 Å². The van der Waals surface area contributed by atoms with Gasteiger partial charge in [-0.25, -0.2) is 0 Å². The first-order valence-electron chi connectivity index (χ1n) is 6.47. The van der Waals surface area contributed by atoms with E-state index in [1.165, 1.54) is 11.8 Å². The zero-order valence-electron chi connectivity index (χ0n) is 11.4. The van der Waals surface area contributed by atoms with Gasteiger partial charge in [-0.2, -0.15) is 0 Å². The first-order chi connectivity index (χ1) is 9.08. The highest BCUT2D eigenvalue weighted by Crippen LogP contribution is 2.30. The third-order valence-corrected chi connectivity index (χ3v) is 4.31. The third-order valence-electron chi connectivity index (χ3n) is 3.14. The number of nitrogens with zero attached hydrogens (tertiary/aromatic N) is 1. The van der Waals surface area contributed by atoms with Crippen molar-refractivity contribution in [3.8, 4) is 0 Å². The van der Waals surface area contributed by atoms with E-state index in [-0.39, 0.29) is 11.2 Å². The predicted molar refractivity (Wildman–Crippen MR) is 78.3 cm³/mol. The number of anilines is 1. The number of thioether (sulfide) groups is 1. The topological polar surface area (TPSA) is 55.6 Å². The molecule has 0 aliphatic carbocycles. The Morgan fingerprint density at radius 3 is 2.79 bits per heavy atom. The Kier molecular flexibility index (Phi) is 4.71. The lowest BCUT2D eigenvalue weighted by Crippen LogP contribution is -2.44. The van der Waals surface area contributed by atoms with Crippen molar-refractivity contribution in [3.63, 3.8) is 0 Å². The summed E-state index contributed by atoms with van der Waals surface area (Å²) >= 11 is 1.53. The van der Waals surface area contributed by atoms with E-state index in [0.29, 0.717) is 26.3 Å². The summed E-state index contributed by atoms with van der Waals surface area (Å²) < 4.78 is 5.26. The summed E-state index contributed by atoms with van der Waals surface area (Å²) in [5, 5.41) is -0.123. The molecule has 1 unspecified atom stereocenters. The number of nitrogens with two attached hydrogens (primary N) is 1. The fourth-order valence-electron chi connectivity index (χ4n) is 2.03. The SMILES string of the molecule is Cc1ccc(N)c(SC(C)C(=O)N2CCOCC2)c1. The molecule has 0 radical (unpaired) electrons. The molecule has 1 fully saturated rings. The maximum Gasteiger partial charge on any atom is 0.235 e. The molecule has 19 heavy (non-hydrogen) atoms. The molecular formula is C14H20N2O2S. The van der Waals surface area contributed by atoms with Gasteiger partial charge in [0.15, 0.2) is 0 Å². The second-order valence-electron chi connectivity index (χ2n) is 4.74. The van der Waals surface area contributed by atoms with Crippen LogP contribution in [0.25, 0.3) is 0 Å². The minimum atomic E-state index is -0.123. The van der Waals surface area contributed by atoms with E-state index in [9.17, 15) is 4.79 Å². The number of carbonyl (C=O) groups excluding carboxylic acids is 1. The fourth-order valence-corrected chi connectivity index (χ4v) is 3.11. The Balaban J connectivity index is 2.01. The van der Waals surface area contributed by atoms with Crippen LogP contribution >= 0.6 is 11.8 Å². The van der Waals surface area contributed by atoms with E-state index in [2.05, 4.69) is 0 Å². The number of nitrogen functional groups attached to an aromatic ring is 1. The number of morpholine rings is 1. The molecule has 1 saturated heterocycles. The van der Waals surface area contributed by atoms with Crippen LogP contribution in [0.5, 0.6) is 0 Å². The molecule has 104 valence electrons. The molecule has 1 aromatic rings. The number of hydrogen-bond donors (Lipinski definition) is 1. The standard InChI is InChI=1S/C14H20N2O2S/c1-10-3-4-12(15)13(9-10)19-11(2)14(17)16-5-7-18-8-6-16/h3-4,9,11H,5-8,15H2,1-2H3. The predicted octanol–water partition coefficient (Wildman–Crippen LogP) is 1.92. The van der Waals surface area contributed by atoms with Gasteiger partial charge in [-0.15, -0.1) is 11.8 Å². The molecule has 1 amide bonds. The van der Waals surface area contributed by atoms with Gasteiger partial charge in [-0.1, -0.05) is 6.07 Å². The van der Waals surface area contributed by atoms with Crippen molar-refractivity contribution in [3.05, 3.63) is 23.8 Å². The molecular weight excluding hydrogens is 260 g/mol. The van der Waals surface area contributed by atoms with Gasteiger partial charge in [0, 0.05) is 23.7 Å². The highest BCUT2D eigenvalue weighted by molar-refractivity contribution is 8.00. The molecule has 1 aromatic carbocycles. The summed E-state index contributed by atoms with van der Waals surface area (Å²) in [7, 11) is 0. The average molecular weight is 280 g/mol. The number of ether oxygens (including phenoxy) is 1. The molecule has 4 nitrogen and oxygen atoms in total. The highest BCUT2D eigenvalue weighted by Gasteiger charge is 2.23. The number of rotatable bonds is 3. The van der Waals surface area contributed by atoms with Gasteiger partial charge in [0.25, 0.3) is 0 Å². The summed E-state index contributed by atoms with van der Waals surface area (Å²) in [6.07, 6.45) is 0. The molecule has 2 rings (SSSR count). The lowest BCUT2D eigenvalue weighted by molar-refractivity contribution is -0.134. The van der Waals surface area contributed by atoms with Gasteiger partial charge in [-0.05, 0) is 31.5 Å². The zero-order chi connectivity index (χ0) is 13.8. The van der Waals surface area contributed by atoms with Crippen molar-refractivity contribution >= 4 is 23.4 Å². The van der Waals surface area contributed by atoms with Crippen LogP contribution in [-0.4, -0.2) is 42.4 Å². The second kappa shape index (κ2) is 6.30. The van der Waals surface area contributed by atoms with Crippen molar-refractivity contribution in [2.45, 2.75) is 24.0 Å². The monoisotopic (exact) mass is 280 g/mol. The van der Waals surface area contributed by atoms with Crippen LogP contribution in [0.4, 0.5) is 5.69 Å².